The highest BCUT2D eigenvalue weighted by Gasteiger charge is 2.23. The molecule has 1 amide bonds. The van der Waals surface area contributed by atoms with Crippen molar-refractivity contribution in [3.05, 3.63) is 41.7 Å². The van der Waals surface area contributed by atoms with Crippen molar-refractivity contribution in [3.63, 3.8) is 0 Å². The van der Waals surface area contributed by atoms with E-state index in [1.807, 2.05) is 4.90 Å². The van der Waals surface area contributed by atoms with E-state index in [4.69, 9.17) is 0 Å². The van der Waals surface area contributed by atoms with E-state index in [0.717, 1.165) is 24.9 Å². The summed E-state index contributed by atoms with van der Waals surface area (Å²) in [5.74, 6) is -0.161. The Morgan fingerprint density at radius 1 is 1.53 bits per heavy atom. The summed E-state index contributed by atoms with van der Waals surface area (Å²) >= 11 is 0. The van der Waals surface area contributed by atoms with Gasteiger partial charge in [0.15, 0.2) is 0 Å². The zero-order chi connectivity index (χ0) is 13.8. The van der Waals surface area contributed by atoms with E-state index in [9.17, 15) is 9.18 Å². The second-order valence-electron chi connectivity index (χ2n) is 5.17. The smallest absolute Gasteiger partial charge is 0.227 e. The van der Waals surface area contributed by atoms with E-state index in [2.05, 4.69) is 13.5 Å². The molecule has 0 aliphatic carbocycles. The number of amides is 1. The van der Waals surface area contributed by atoms with Gasteiger partial charge in [0.25, 0.3) is 0 Å². The molecule has 1 heterocycles. The van der Waals surface area contributed by atoms with Gasteiger partial charge < -0.3 is 4.90 Å². The Kier molecular flexibility index (Phi) is 4.35. The van der Waals surface area contributed by atoms with Crippen LogP contribution in [0.1, 0.15) is 37.3 Å². The largest absolute Gasteiger partial charge is 0.340 e. The maximum absolute atomic E-state index is 13.4. The predicted molar refractivity (Wildman–Crippen MR) is 75.2 cm³/mol. The molecule has 1 atom stereocenters. The first-order valence-electron chi connectivity index (χ1n) is 6.82. The monoisotopic (exact) mass is 261 g/mol. The van der Waals surface area contributed by atoms with Crippen molar-refractivity contribution in [2.75, 3.05) is 6.54 Å². The van der Waals surface area contributed by atoms with Crippen molar-refractivity contribution >= 4 is 12.0 Å². The number of rotatable bonds is 3. The van der Waals surface area contributed by atoms with Crippen LogP contribution in [-0.4, -0.2) is 23.4 Å². The molecule has 1 aromatic carbocycles. The molecule has 1 aliphatic heterocycles. The Hall–Kier alpha value is -1.64. The molecule has 1 aliphatic rings. The summed E-state index contributed by atoms with van der Waals surface area (Å²) in [6.45, 7) is 6.52. The fourth-order valence-corrected chi connectivity index (χ4v) is 2.60. The molecule has 0 saturated carbocycles. The van der Waals surface area contributed by atoms with E-state index in [0.29, 0.717) is 18.0 Å². The Balaban J connectivity index is 2.08. The van der Waals surface area contributed by atoms with Gasteiger partial charge in [-0.1, -0.05) is 18.7 Å². The van der Waals surface area contributed by atoms with E-state index < -0.39 is 0 Å². The Labute approximate surface area is 113 Å². The molecule has 0 radical (unpaired) electrons. The van der Waals surface area contributed by atoms with Gasteiger partial charge in [-0.25, -0.2) is 4.39 Å². The topological polar surface area (TPSA) is 20.3 Å². The second kappa shape index (κ2) is 6.00. The first-order valence-corrected chi connectivity index (χ1v) is 6.82. The lowest BCUT2D eigenvalue weighted by Crippen LogP contribution is -2.42. The lowest BCUT2D eigenvalue weighted by atomic mass is 10.0. The Morgan fingerprint density at radius 2 is 2.32 bits per heavy atom. The number of piperidine rings is 1. The number of carbonyl (C=O) groups is 1. The number of likely N-dealkylation sites (tertiary alicyclic amines) is 1. The minimum Gasteiger partial charge on any atom is -0.340 e. The zero-order valence-electron chi connectivity index (χ0n) is 11.4. The molecule has 1 unspecified atom stereocenters. The molecule has 0 N–H and O–H groups in total. The third-order valence-electron chi connectivity index (χ3n) is 3.76. The fourth-order valence-electron chi connectivity index (χ4n) is 2.60. The van der Waals surface area contributed by atoms with Crippen molar-refractivity contribution in [2.24, 2.45) is 0 Å². The summed E-state index contributed by atoms with van der Waals surface area (Å²) in [4.78, 5) is 14.2. The van der Waals surface area contributed by atoms with Gasteiger partial charge in [0.05, 0.1) is 6.42 Å². The van der Waals surface area contributed by atoms with Gasteiger partial charge in [-0.15, -0.1) is 0 Å². The second-order valence-corrected chi connectivity index (χ2v) is 5.17. The summed E-state index contributed by atoms with van der Waals surface area (Å²) in [6, 6.07) is 5.10. The highest BCUT2D eigenvalue weighted by Crippen LogP contribution is 2.19. The van der Waals surface area contributed by atoms with Gasteiger partial charge in [0, 0.05) is 18.2 Å². The maximum Gasteiger partial charge on any atom is 0.227 e. The number of benzene rings is 1. The van der Waals surface area contributed by atoms with Crippen LogP contribution in [0.2, 0.25) is 0 Å². The first kappa shape index (κ1) is 13.8. The van der Waals surface area contributed by atoms with E-state index >= 15 is 0 Å². The molecule has 1 fully saturated rings. The molecular weight excluding hydrogens is 241 g/mol. The van der Waals surface area contributed by atoms with Crippen molar-refractivity contribution in [3.8, 4) is 0 Å². The third-order valence-corrected chi connectivity index (χ3v) is 3.76. The first-order chi connectivity index (χ1) is 9.11. The molecule has 0 spiro atoms. The number of nitrogens with zero attached hydrogens (tertiary/aromatic N) is 1. The summed E-state index contributed by atoms with van der Waals surface area (Å²) in [5.41, 5.74) is 1.30. The van der Waals surface area contributed by atoms with Gasteiger partial charge >= 0.3 is 0 Å². The highest BCUT2D eigenvalue weighted by atomic mass is 19.1. The minimum absolute atomic E-state index is 0.133. The van der Waals surface area contributed by atoms with E-state index in [1.54, 1.807) is 12.1 Å². The molecule has 2 nitrogen and oxygen atoms in total. The molecule has 2 rings (SSSR count). The standard InChI is InChI=1S/C16H20FNO/c1-3-14-10-13(7-8-15(14)17)11-16(19)18-9-5-4-6-12(18)2/h3,7-8,10,12H,1,4-6,9,11H2,2H3. The summed E-state index contributed by atoms with van der Waals surface area (Å²) in [5, 5.41) is 0. The van der Waals surface area contributed by atoms with Crippen LogP contribution in [0.25, 0.3) is 6.08 Å². The van der Waals surface area contributed by atoms with Crippen LogP contribution in [0.5, 0.6) is 0 Å². The fraction of sp³-hybridized carbons (Fsp3) is 0.438. The molecule has 0 bridgehead atoms. The summed E-state index contributed by atoms with van der Waals surface area (Å²) in [6.07, 6.45) is 5.17. The molecule has 19 heavy (non-hydrogen) atoms. The van der Waals surface area contributed by atoms with Crippen molar-refractivity contribution in [1.29, 1.82) is 0 Å². The lowest BCUT2D eigenvalue weighted by Gasteiger charge is -2.33. The minimum atomic E-state index is -0.294. The SMILES string of the molecule is C=Cc1cc(CC(=O)N2CCCCC2C)ccc1F. The number of halogens is 1. The molecule has 1 saturated heterocycles. The van der Waals surface area contributed by atoms with Crippen LogP contribution in [0, 0.1) is 5.82 Å². The normalized spacial score (nSPS) is 19.3. The number of hydrogen-bond acceptors (Lipinski definition) is 1. The van der Waals surface area contributed by atoms with Crippen LogP contribution < -0.4 is 0 Å². The number of hydrogen-bond donors (Lipinski definition) is 0. The average Bonchev–Trinajstić information content (AvgIpc) is 2.41. The van der Waals surface area contributed by atoms with Crippen LogP contribution in [0.15, 0.2) is 24.8 Å². The van der Waals surface area contributed by atoms with Crippen LogP contribution in [-0.2, 0) is 11.2 Å². The van der Waals surface area contributed by atoms with E-state index in [-0.39, 0.29) is 11.7 Å². The zero-order valence-corrected chi connectivity index (χ0v) is 11.4. The highest BCUT2D eigenvalue weighted by molar-refractivity contribution is 5.79. The molecule has 3 heteroatoms. The molecular formula is C16H20FNO. The molecule has 1 aromatic rings. The molecule has 0 aromatic heterocycles. The van der Waals surface area contributed by atoms with Gasteiger partial charge in [0.1, 0.15) is 5.82 Å². The van der Waals surface area contributed by atoms with Crippen molar-refractivity contribution in [2.45, 2.75) is 38.6 Å². The number of carbonyl (C=O) groups excluding carboxylic acids is 1. The van der Waals surface area contributed by atoms with Crippen LogP contribution in [0.4, 0.5) is 4.39 Å². The van der Waals surface area contributed by atoms with Crippen molar-refractivity contribution in [1.82, 2.24) is 4.90 Å². The van der Waals surface area contributed by atoms with Gasteiger partial charge in [-0.3, -0.25) is 4.79 Å². The summed E-state index contributed by atoms with van der Waals surface area (Å²) < 4.78 is 13.4. The van der Waals surface area contributed by atoms with Crippen LogP contribution in [0.3, 0.4) is 0 Å². The van der Waals surface area contributed by atoms with Gasteiger partial charge in [0.2, 0.25) is 5.91 Å². The maximum atomic E-state index is 13.4. The Morgan fingerprint density at radius 3 is 3.00 bits per heavy atom. The van der Waals surface area contributed by atoms with Gasteiger partial charge in [-0.05, 0) is 43.9 Å². The molecule has 102 valence electrons. The van der Waals surface area contributed by atoms with E-state index in [1.165, 1.54) is 18.6 Å². The Bertz CT molecular complexity index is 484. The third kappa shape index (κ3) is 3.22. The summed E-state index contributed by atoms with van der Waals surface area (Å²) in [7, 11) is 0. The van der Waals surface area contributed by atoms with Crippen molar-refractivity contribution < 1.29 is 9.18 Å². The average molecular weight is 261 g/mol. The van der Waals surface area contributed by atoms with Gasteiger partial charge in [-0.2, -0.15) is 0 Å². The quantitative estimate of drug-likeness (QED) is 0.816. The predicted octanol–water partition coefficient (Wildman–Crippen LogP) is 3.41. The van der Waals surface area contributed by atoms with Crippen LogP contribution >= 0.6 is 0 Å². The lowest BCUT2D eigenvalue weighted by molar-refractivity contribution is -0.133.